The number of rotatable bonds is 1. The van der Waals surface area contributed by atoms with E-state index in [0.29, 0.717) is 5.56 Å². The summed E-state index contributed by atoms with van der Waals surface area (Å²) in [5, 5.41) is 6.18. The summed E-state index contributed by atoms with van der Waals surface area (Å²) in [5.41, 5.74) is 6.22. The molecule has 0 aliphatic rings. The van der Waals surface area contributed by atoms with Crippen molar-refractivity contribution in [1.82, 2.24) is 10.2 Å². The van der Waals surface area contributed by atoms with Crippen molar-refractivity contribution in [3.8, 4) is 11.1 Å². The van der Waals surface area contributed by atoms with E-state index in [0.717, 1.165) is 0 Å². The van der Waals surface area contributed by atoms with Crippen LogP contribution in [0.25, 0.3) is 11.1 Å². The molecule has 0 aliphatic carbocycles. The predicted octanol–water partition coefficient (Wildman–Crippen LogP) is 2.25. The number of nitrogens with one attached hydrogen (secondary N) is 1. The zero-order valence-electron chi connectivity index (χ0n) is 8.01. The summed E-state index contributed by atoms with van der Waals surface area (Å²) < 4.78 is 26.7. The van der Waals surface area contributed by atoms with Crippen LogP contribution in [0.5, 0.6) is 0 Å². The highest BCUT2D eigenvalue weighted by molar-refractivity contribution is 5.73. The highest BCUT2D eigenvalue weighted by Gasteiger charge is 2.14. The molecule has 0 atom stereocenters. The Morgan fingerprint density at radius 2 is 2.00 bits per heavy atom. The van der Waals surface area contributed by atoms with E-state index in [1.54, 1.807) is 0 Å². The molecular weight excluding hydrogens is 200 g/mol. The molecule has 15 heavy (non-hydrogen) atoms. The van der Waals surface area contributed by atoms with Crippen LogP contribution in [0.15, 0.2) is 18.3 Å². The summed E-state index contributed by atoms with van der Waals surface area (Å²) in [6, 6.07) is 2.55. The Morgan fingerprint density at radius 1 is 1.27 bits per heavy atom. The van der Waals surface area contributed by atoms with E-state index in [4.69, 9.17) is 5.73 Å². The SMILES string of the molecule is Cc1c(F)ccc(-c2cn[nH]c2N)c1F. The van der Waals surface area contributed by atoms with Gasteiger partial charge in [-0.1, -0.05) is 0 Å². The van der Waals surface area contributed by atoms with Gasteiger partial charge >= 0.3 is 0 Å². The number of H-pyrrole nitrogens is 1. The van der Waals surface area contributed by atoms with Gasteiger partial charge in [0.05, 0.1) is 6.20 Å². The van der Waals surface area contributed by atoms with Crippen LogP contribution in [0, 0.1) is 18.6 Å². The fourth-order valence-electron chi connectivity index (χ4n) is 1.38. The van der Waals surface area contributed by atoms with Crippen molar-refractivity contribution >= 4 is 5.82 Å². The molecule has 0 aliphatic heterocycles. The van der Waals surface area contributed by atoms with Crippen molar-refractivity contribution in [1.29, 1.82) is 0 Å². The third-order valence-electron chi connectivity index (χ3n) is 2.28. The molecule has 2 aromatic rings. The van der Waals surface area contributed by atoms with Gasteiger partial charge in [-0.25, -0.2) is 8.78 Å². The maximum atomic E-state index is 13.7. The van der Waals surface area contributed by atoms with Gasteiger partial charge in [-0.3, -0.25) is 5.10 Å². The van der Waals surface area contributed by atoms with E-state index in [9.17, 15) is 8.78 Å². The molecule has 0 unspecified atom stereocenters. The van der Waals surface area contributed by atoms with Gasteiger partial charge in [-0.2, -0.15) is 5.10 Å². The molecule has 0 bridgehead atoms. The molecule has 1 aromatic carbocycles. The minimum absolute atomic E-state index is 0.0203. The molecule has 78 valence electrons. The van der Waals surface area contributed by atoms with Gasteiger partial charge in [-0.05, 0) is 19.1 Å². The summed E-state index contributed by atoms with van der Waals surface area (Å²) in [7, 11) is 0. The number of anilines is 1. The zero-order valence-corrected chi connectivity index (χ0v) is 8.01. The average molecular weight is 209 g/mol. The largest absolute Gasteiger partial charge is 0.384 e. The van der Waals surface area contributed by atoms with E-state index in [-0.39, 0.29) is 16.9 Å². The van der Waals surface area contributed by atoms with Crippen LogP contribution >= 0.6 is 0 Å². The number of benzene rings is 1. The summed E-state index contributed by atoms with van der Waals surface area (Å²) in [6.07, 6.45) is 1.41. The Kier molecular flexibility index (Phi) is 2.15. The Hall–Kier alpha value is -1.91. The molecule has 0 saturated carbocycles. The first kappa shape index (κ1) is 9.64. The molecule has 1 heterocycles. The van der Waals surface area contributed by atoms with Gasteiger partial charge in [0, 0.05) is 16.7 Å². The van der Waals surface area contributed by atoms with Gasteiger partial charge < -0.3 is 5.73 Å². The summed E-state index contributed by atoms with van der Waals surface area (Å²) in [6.45, 7) is 1.38. The highest BCUT2D eigenvalue weighted by Crippen LogP contribution is 2.28. The van der Waals surface area contributed by atoms with Crippen molar-refractivity contribution in [2.24, 2.45) is 0 Å². The number of nitrogen functional groups attached to an aromatic ring is 1. The number of aromatic nitrogens is 2. The van der Waals surface area contributed by atoms with E-state index in [2.05, 4.69) is 10.2 Å². The van der Waals surface area contributed by atoms with Gasteiger partial charge in [-0.15, -0.1) is 0 Å². The monoisotopic (exact) mass is 209 g/mol. The van der Waals surface area contributed by atoms with E-state index < -0.39 is 11.6 Å². The average Bonchev–Trinajstić information content (AvgIpc) is 2.62. The molecule has 1 aromatic heterocycles. The van der Waals surface area contributed by atoms with Crippen LogP contribution in [0.2, 0.25) is 0 Å². The van der Waals surface area contributed by atoms with Gasteiger partial charge in [0.25, 0.3) is 0 Å². The van der Waals surface area contributed by atoms with Crippen LogP contribution in [0.3, 0.4) is 0 Å². The molecular formula is C10H9F2N3. The summed E-state index contributed by atoms with van der Waals surface area (Å²) in [5.74, 6) is -0.915. The minimum atomic E-state index is -0.608. The van der Waals surface area contributed by atoms with Crippen LogP contribution in [0.1, 0.15) is 5.56 Å². The van der Waals surface area contributed by atoms with Gasteiger partial charge in [0.1, 0.15) is 17.5 Å². The smallest absolute Gasteiger partial charge is 0.137 e. The maximum absolute atomic E-state index is 13.7. The Labute approximate surface area is 84.9 Å². The molecule has 0 amide bonds. The second-order valence-electron chi connectivity index (χ2n) is 3.23. The predicted molar refractivity (Wildman–Crippen MR) is 53.1 cm³/mol. The second kappa shape index (κ2) is 3.34. The lowest BCUT2D eigenvalue weighted by Crippen LogP contribution is -1.94. The second-order valence-corrected chi connectivity index (χ2v) is 3.23. The number of halogens is 2. The number of aromatic amines is 1. The first-order chi connectivity index (χ1) is 7.11. The Balaban J connectivity index is 2.65. The van der Waals surface area contributed by atoms with Crippen LogP contribution in [-0.2, 0) is 0 Å². The van der Waals surface area contributed by atoms with Crippen molar-refractivity contribution < 1.29 is 8.78 Å². The maximum Gasteiger partial charge on any atom is 0.137 e. The van der Waals surface area contributed by atoms with Crippen LogP contribution in [0.4, 0.5) is 14.6 Å². The van der Waals surface area contributed by atoms with E-state index in [1.165, 1.54) is 25.3 Å². The number of hydrogen-bond acceptors (Lipinski definition) is 2. The molecule has 3 N–H and O–H groups in total. The van der Waals surface area contributed by atoms with Gasteiger partial charge in [0.15, 0.2) is 0 Å². The lowest BCUT2D eigenvalue weighted by Gasteiger charge is -2.05. The van der Waals surface area contributed by atoms with Crippen LogP contribution < -0.4 is 5.73 Å². The molecule has 0 radical (unpaired) electrons. The topological polar surface area (TPSA) is 54.7 Å². The first-order valence-corrected chi connectivity index (χ1v) is 4.35. The van der Waals surface area contributed by atoms with Crippen molar-refractivity contribution in [3.63, 3.8) is 0 Å². The fraction of sp³-hybridized carbons (Fsp3) is 0.100. The first-order valence-electron chi connectivity index (χ1n) is 4.35. The number of nitrogens with zero attached hydrogens (tertiary/aromatic N) is 1. The quantitative estimate of drug-likeness (QED) is 0.756. The van der Waals surface area contributed by atoms with E-state index >= 15 is 0 Å². The Morgan fingerprint density at radius 3 is 2.60 bits per heavy atom. The summed E-state index contributed by atoms with van der Waals surface area (Å²) >= 11 is 0. The molecule has 2 rings (SSSR count). The third kappa shape index (κ3) is 1.45. The molecule has 3 nitrogen and oxygen atoms in total. The third-order valence-corrected chi connectivity index (χ3v) is 2.28. The summed E-state index contributed by atoms with van der Waals surface area (Å²) in [4.78, 5) is 0. The molecule has 0 saturated heterocycles. The number of hydrogen-bond donors (Lipinski definition) is 2. The zero-order chi connectivity index (χ0) is 11.0. The van der Waals surface area contributed by atoms with Crippen molar-refractivity contribution in [2.45, 2.75) is 6.92 Å². The standard InChI is InChI=1S/C10H9F2N3/c1-5-8(11)3-2-6(9(5)12)7-4-14-15-10(7)13/h2-4H,1H3,(H3,13,14,15). The molecule has 5 heteroatoms. The van der Waals surface area contributed by atoms with Crippen molar-refractivity contribution in [2.75, 3.05) is 5.73 Å². The highest BCUT2D eigenvalue weighted by atomic mass is 19.1. The molecule has 0 spiro atoms. The minimum Gasteiger partial charge on any atom is -0.384 e. The van der Waals surface area contributed by atoms with Crippen molar-refractivity contribution in [3.05, 3.63) is 35.5 Å². The lowest BCUT2D eigenvalue weighted by molar-refractivity contribution is 0.570. The normalized spacial score (nSPS) is 10.6. The molecule has 0 fully saturated rings. The fourth-order valence-corrected chi connectivity index (χ4v) is 1.38. The van der Waals surface area contributed by atoms with Gasteiger partial charge in [0.2, 0.25) is 0 Å². The van der Waals surface area contributed by atoms with E-state index in [1.807, 2.05) is 0 Å². The Bertz CT molecular complexity index is 505. The lowest BCUT2D eigenvalue weighted by atomic mass is 10.0. The number of nitrogens with two attached hydrogens (primary N) is 1. The van der Waals surface area contributed by atoms with Crippen LogP contribution in [-0.4, -0.2) is 10.2 Å².